The fraction of sp³-hybridized carbons (Fsp3) is 0.800. The van der Waals surface area contributed by atoms with Gasteiger partial charge in [0.05, 0.1) is 5.75 Å². The van der Waals surface area contributed by atoms with Gasteiger partial charge in [-0.3, -0.25) is 4.79 Å². The van der Waals surface area contributed by atoms with Gasteiger partial charge < -0.3 is 29.0 Å². The smallest absolute Gasteiger partial charge is 0.358 e. The molecule has 0 radical (unpaired) electrons. The van der Waals surface area contributed by atoms with E-state index in [0.717, 1.165) is 0 Å². The average molecular weight is 327 g/mol. The first-order valence-corrected chi connectivity index (χ1v) is 9.72. The topological polar surface area (TPSA) is 125 Å². The van der Waals surface area contributed by atoms with Crippen LogP contribution in [0.2, 0.25) is 0 Å². The molecule has 0 unspecified atom stereocenters. The van der Waals surface area contributed by atoms with Crippen LogP contribution >= 0.6 is 24.9 Å². The van der Waals surface area contributed by atoms with Crippen molar-refractivity contribution in [2.75, 3.05) is 27.0 Å². The van der Waals surface area contributed by atoms with Gasteiger partial charge >= 0.3 is 7.82 Å². The molecule has 0 aromatic heterocycles. The van der Waals surface area contributed by atoms with E-state index in [1.54, 1.807) is 7.05 Å². The number of amides is 1. The summed E-state index contributed by atoms with van der Waals surface area (Å²) < 4.78 is 18.8. The van der Waals surface area contributed by atoms with Gasteiger partial charge in [-0.05, 0) is 11.8 Å². The van der Waals surface area contributed by atoms with Crippen LogP contribution in [0.25, 0.3) is 0 Å². The molecule has 8 nitrogen and oxygen atoms in total. The summed E-state index contributed by atoms with van der Waals surface area (Å²) in [6.07, 6.45) is 0. The lowest BCUT2D eigenvalue weighted by Gasteiger charge is -2.15. The number of carbonyl (C=O) groups excluding carboxylic acids is 1. The van der Waals surface area contributed by atoms with E-state index in [-0.39, 0.29) is 11.7 Å². The van der Waals surface area contributed by atoms with Gasteiger partial charge in [-0.15, -0.1) is 0 Å². The van der Waals surface area contributed by atoms with E-state index in [2.05, 4.69) is 5.32 Å². The lowest BCUT2D eigenvalue weighted by atomic mass is 10.7. The van der Waals surface area contributed by atoms with Crippen LogP contribution in [0, 0.1) is 0 Å². The predicted molar refractivity (Wildman–Crippen MR) is 69.1 cm³/mol. The van der Waals surface area contributed by atoms with Crippen LogP contribution in [0.5, 0.6) is 0 Å². The second kappa shape index (κ2) is 9.43. The minimum Gasteiger partial charge on any atom is -0.358 e. The Bertz CT molecular complexity index is 303. The fourth-order valence-electron chi connectivity index (χ4n) is 0.390. The van der Waals surface area contributed by atoms with E-state index in [4.69, 9.17) is 40.1 Å². The van der Waals surface area contributed by atoms with Crippen molar-refractivity contribution >= 4 is 42.6 Å². The largest absolute Gasteiger partial charge is 0.466 e. The normalized spacial score (nSPS) is 11.4. The summed E-state index contributed by atoms with van der Waals surface area (Å²) in [7, 11) is -0.0890. The zero-order valence-corrected chi connectivity index (χ0v) is 12.8. The van der Waals surface area contributed by atoms with Gasteiger partial charge in [0, 0.05) is 21.3 Å². The van der Waals surface area contributed by atoms with Crippen LogP contribution in [0.3, 0.4) is 0 Å². The summed E-state index contributed by atoms with van der Waals surface area (Å²) >= 11 is 6.25. The minimum absolute atomic E-state index is 0.0803. The monoisotopic (exact) mass is 327 g/mol. The summed E-state index contributed by atoms with van der Waals surface area (Å²) in [6, 6.07) is 0. The van der Waals surface area contributed by atoms with Gasteiger partial charge in [-0.2, -0.15) is 0 Å². The maximum Gasteiger partial charge on any atom is 0.466 e. The van der Waals surface area contributed by atoms with Crippen LogP contribution in [0.1, 0.15) is 0 Å². The summed E-state index contributed by atoms with van der Waals surface area (Å²) in [5.74, 6) is 0.193. The van der Waals surface area contributed by atoms with Gasteiger partial charge in [-0.25, -0.2) is 4.57 Å². The zero-order chi connectivity index (χ0) is 14.1. The van der Waals surface area contributed by atoms with Crippen molar-refractivity contribution in [1.29, 1.82) is 0 Å². The van der Waals surface area contributed by atoms with Crippen LogP contribution in [0.4, 0.5) is 0 Å². The Kier molecular flexibility index (Phi) is 11.0. The van der Waals surface area contributed by atoms with E-state index in [1.165, 1.54) is 25.6 Å². The molecule has 0 aliphatic carbocycles. The molecule has 0 heterocycles. The first kappa shape index (κ1) is 19.8. The Morgan fingerprint density at radius 2 is 1.71 bits per heavy atom. The molecule has 1 amide bonds. The third-order valence-corrected chi connectivity index (χ3v) is 6.76. The number of carbonyl (C=O) groups is 1. The maximum absolute atomic E-state index is 10.8. The molecule has 104 valence electrons. The van der Waals surface area contributed by atoms with E-state index in [0.29, 0.717) is 0 Å². The van der Waals surface area contributed by atoms with Crippen molar-refractivity contribution in [2.45, 2.75) is 0 Å². The molecule has 0 spiro atoms. The lowest BCUT2D eigenvalue weighted by Crippen LogP contribution is -2.19. The van der Waals surface area contributed by atoms with Crippen LogP contribution in [-0.2, 0) is 30.2 Å². The highest BCUT2D eigenvalue weighted by Crippen LogP contribution is 2.59. The van der Waals surface area contributed by atoms with Gasteiger partial charge in [-0.1, -0.05) is 11.4 Å². The van der Waals surface area contributed by atoms with Crippen molar-refractivity contribution in [1.82, 2.24) is 5.32 Å². The van der Waals surface area contributed by atoms with Crippen molar-refractivity contribution in [3.63, 3.8) is 0 Å². The third-order valence-electron chi connectivity index (χ3n) is 1.08. The molecular weight excluding hydrogens is 312 g/mol. The van der Waals surface area contributed by atoms with E-state index in [1.807, 2.05) is 0 Å². The van der Waals surface area contributed by atoms with Crippen molar-refractivity contribution in [3.05, 3.63) is 0 Å². The van der Waals surface area contributed by atoms with Gasteiger partial charge in [0.15, 0.2) is 0 Å². The third kappa shape index (κ3) is 16.5. The highest BCUT2D eigenvalue weighted by molar-refractivity contribution is 8.68. The first-order chi connectivity index (χ1) is 7.58. The molecule has 0 aromatic rings. The summed E-state index contributed by atoms with van der Waals surface area (Å²) in [4.78, 5) is 32.4. The second-order valence-electron chi connectivity index (χ2n) is 2.27. The standard InChI is InChI=1S/C5H12NO3PS2.H3O4P/c1-6-5(7)4-12-10(11,8-2)9-3;1-5(2,3)4/h4H2,1-3H3,(H,6,7);(H3,1,2,3,4). The number of phosphoric acid groups is 1. The predicted octanol–water partition coefficient (Wildman–Crippen LogP) is 0.0543. The van der Waals surface area contributed by atoms with Crippen molar-refractivity contribution in [2.24, 2.45) is 0 Å². The lowest BCUT2D eigenvalue weighted by molar-refractivity contribution is -0.118. The molecule has 0 fully saturated rings. The molecule has 0 saturated carbocycles. The Labute approximate surface area is 108 Å². The highest BCUT2D eigenvalue weighted by atomic mass is 32.9. The van der Waals surface area contributed by atoms with E-state index in [9.17, 15) is 4.79 Å². The number of hydrogen-bond acceptors (Lipinski definition) is 6. The Morgan fingerprint density at radius 3 is 1.94 bits per heavy atom. The quantitative estimate of drug-likeness (QED) is 0.518. The van der Waals surface area contributed by atoms with Gasteiger partial charge in [0.1, 0.15) is 0 Å². The number of nitrogens with one attached hydrogen (secondary N) is 1. The molecule has 0 rings (SSSR count). The van der Waals surface area contributed by atoms with Crippen LogP contribution in [-0.4, -0.2) is 47.6 Å². The zero-order valence-electron chi connectivity index (χ0n) is 9.39. The molecule has 12 heteroatoms. The molecular formula is C5H15NO7P2S2. The number of rotatable bonds is 5. The molecule has 17 heavy (non-hydrogen) atoms. The molecule has 0 aliphatic heterocycles. The molecule has 0 atom stereocenters. The molecule has 0 aromatic carbocycles. The summed E-state index contributed by atoms with van der Waals surface area (Å²) in [5, 5.41) is 2.49. The molecule has 0 aliphatic rings. The Balaban J connectivity index is 0. The Morgan fingerprint density at radius 1 is 1.35 bits per heavy atom. The molecule has 0 bridgehead atoms. The minimum atomic E-state index is -4.64. The second-order valence-corrected chi connectivity index (χ2v) is 9.82. The van der Waals surface area contributed by atoms with E-state index >= 15 is 0 Å². The summed E-state index contributed by atoms with van der Waals surface area (Å²) in [6.45, 7) is 0. The van der Waals surface area contributed by atoms with E-state index < -0.39 is 13.5 Å². The van der Waals surface area contributed by atoms with Crippen molar-refractivity contribution < 1.29 is 33.1 Å². The average Bonchev–Trinajstić information content (AvgIpc) is 2.23. The molecule has 4 N–H and O–H groups in total. The van der Waals surface area contributed by atoms with Crippen LogP contribution < -0.4 is 5.32 Å². The fourth-order valence-corrected chi connectivity index (χ4v) is 3.10. The Hall–Kier alpha value is 0.500. The maximum atomic E-state index is 10.8. The van der Waals surface area contributed by atoms with Crippen molar-refractivity contribution in [3.8, 4) is 0 Å². The highest BCUT2D eigenvalue weighted by Gasteiger charge is 2.17. The van der Waals surface area contributed by atoms with Gasteiger partial charge in [0.2, 0.25) is 11.6 Å². The van der Waals surface area contributed by atoms with Gasteiger partial charge in [0.25, 0.3) is 0 Å². The molecule has 0 saturated heterocycles. The summed E-state index contributed by atoms with van der Waals surface area (Å²) in [5.41, 5.74) is -2.26. The SMILES string of the molecule is CNC(=O)CSP(=S)(OC)OC.O=P(O)(O)O. The first-order valence-electron chi connectivity index (χ1n) is 3.93. The number of hydrogen-bond donors (Lipinski definition) is 4. The van der Waals surface area contributed by atoms with Crippen LogP contribution in [0.15, 0.2) is 0 Å².